The third kappa shape index (κ3) is 4.06. The monoisotopic (exact) mass is 281 g/mol. The average Bonchev–Trinajstić information content (AvgIpc) is 3.05. The van der Waals surface area contributed by atoms with Gasteiger partial charge in [0.15, 0.2) is 12.4 Å². The maximum absolute atomic E-state index is 11.5. The Bertz CT molecular complexity index is 522. The summed E-state index contributed by atoms with van der Waals surface area (Å²) in [4.78, 5) is 16.6. The van der Waals surface area contributed by atoms with E-state index in [4.69, 9.17) is 9.26 Å². The minimum absolute atomic E-state index is 0.0231. The maximum atomic E-state index is 11.5. The molecule has 102 valence electrons. The molecule has 6 nitrogen and oxygen atoms in total. The van der Waals surface area contributed by atoms with Crippen LogP contribution in [0.1, 0.15) is 30.5 Å². The molecule has 2 aromatic heterocycles. The van der Waals surface area contributed by atoms with Crippen LogP contribution in [0.5, 0.6) is 6.08 Å². The minimum atomic E-state index is -0.224. The van der Waals surface area contributed by atoms with Crippen molar-refractivity contribution in [2.75, 3.05) is 6.61 Å². The molecule has 0 aliphatic carbocycles. The highest BCUT2D eigenvalue weighted by molar-refractivity contribution is 7.09. The molecule has 0 atom stereocenters. The van der Waals surface area contributed by atoms with Crippen molar-refractivity contribution in [2.45, 2.75) is 26.3 Å². The lowest BCUT2D eigenvalue weighted by molar-refractivity contribution is -0.123. The summed E-state index contributed by atoms with van der Waals surface area (Å²) in [6.45, 7) is 4.26. The molecule has 0 saturated heterocycles. The summed E-state index contributed by atoms with van der Waals surface area (Å²) in [5.41, 5.74) is 0. The predicted octanol–water partition coefficient (Wildman–Crippen LogP) is 1.95. The Hall–Kier alpha value is -1.89. The predicted molar refractivity (Wildman–Crippen MR) is 70.0 cm³/mol. The highest BCUT2D eigenvalue weighted by Gasteiger charge is 2.12. The molecule has 7 heteroatoms. The highest BCUT2D eigenvalue weighted by Crippen LogP contribution is 2.13. The van der Waals surface area contributed by atoms with Crippen molar-refractivity contribution in [3.63, 3.8) is 0 Å². The van der Waals surface area contributed by atoms with Crippen molar-refractivity contribution < 1.29 is 14.1 Å². The zero-order valence-corrected chi connectivity index (χ0v) is 11.6. The van der Waals surface area contributed by atoms with Crippen LogP contribution in [0, 0.1) is 0 Å². The van der Waals surface area contributed by atoms with Crippen LogP contribution in [0.3, 0.4) is 0 Å². The number of ether oxygens (including phenoxy) is 1. The van der Waals surface area contributed by atoms with Crippen LogP contribution in [0.4, 0.5) is 0 Å². The molecule has 0 spiro atoms. The van der Waals surface area contributed by atoms with Crippen LogP contribution in [-0.2, 0) is 11.3 Å². The van der Waals surface area contributed by atoms with E-state index in [2.05, 4.69) is 15.5 Å². The summed E-state index contributed by atoms with van der Waals surface area (Å²) in [6, 6.07) is 3.90. The van der Waals surface area contributed by atoms with Gasteiger partial charge in [0.25, 0.3) is 5.91 Å². The molecule has 2 aromatic rings. The van der Waals surface area contributed by atoms with Gasteiger partial charge in [-0.2, -0.15) is 4.98 Å². The summed E-state index contributed by atoms with van der Waals surface area (Å²) in [5, 5.41) is 8.44. The summed E-state index contributed by atoms with van der Waals surface area (Å²) in [5.74, 6) is 0.500. The van der Waals surface area contributed by atoms with E-state index in [1.807, 2.05) is 31.4 Å². The van der Waals surface area contributed by atoms with Gasteiger partial charge in [-0.3, -0.25) is 9.32 Å². The number of rotatable bonds is 6. The second-order valence-corrected chi connectivity index (χ2v) is 5.25. The van der Waals surface area contributed by atoms with Gasteiger partial charge in [-0.1, -0.05) is 25.1 Å². The first-order chi connectivity index (χ1) is 9.15. The molecule has 0 bridgehead atoms. The molecule has 0 fully saturated rings. The first kappa shape index (κ1) is 13.5. The number of nitrogens with zero attached hydrogens (tertiary/aromatic N) is 2. The van der Waals surface area contributed by atoms with Gasteiger partial charge in [-0.15, -0.1) is 11.3 Å². The molecule has 0 aromatic carbocycles. The molecule has 0 unspecified atom stereocenters. The first-order valence-electron chi connectivity index (χ1n) is 5.90. The Morgan fingerprint density at radius 2 is 2.42 bits per heavy atom. The van der Waals surface area contributed by atoms with Crippen LogP contribution >= 0.6 is 11.3 Å². The van der Waals surface area contributed by atoms with Crippen molar-refractivity contribution in [2.24, 2.45) is 0 Å². The summed E-state index contributed by atoms with van der Waals surface area (Å²) >= 11 is 1.59. The zero-order chi connectivity index (χ0) is 13.7. The first-order valence-corrected chi connectivity index (χ1v) is 6.78. The van der Waals surface area contributed by atoms with E-state index in [9.17, 15) is 4.79 Å². The Morgan fingerprint density at radius 1 is 1.58 bits per heavy atom. The SMILES string of the molecule is CC(C)c1noc(OCC(=O)NCc2cccs2)n1. The van der Waals surface area contributed by atoms with Crippen LogP contribution in [0.2, 0.25) is 0 Å². The average molecular weight is 281 g/mol. The molecule has 0 saturated carbocycles. The van der Waals surface area contributed by atoms with Gasteiger partial charge in [-0.25, -0.2) is 0 Å². The molecular weight excluding hydrogens is 266 g/mol. The second-order valence-electron chi connectivity index (χ2n) is 4.22. The molecule has 0 radical (unpaired) electrons. The van der Waals surface area contributed by atoms with Gasteiger partial charge >= 0.3 is 6.08 Å². The molecule has 19 heavy (non-hydrogen) atoms. The van der Waals surface area contributed by atoms with E-state index < -0.39 is 0 Å². The van der Waals surface area contributed by atoms with Crippen LogP contribution < -0.4 is 10.1 Å². The topological polar surface area (TPSA) is 77.2 Å². The van der Waals surface area contributed by atoms with Gasteiger partial charge in [0.1, 0.15) is 0 Å². The fourth-order valence-electron chi connectivity index (χ4n) is 1.29. The van der Waals surface area contributed by atoms with Gasteiger partial charge in [-0.05, 0) is 11.4 Å². The molecular formula is C12H15N3O3S. The number of thiophene rings is 1. The fraction of sp³-hybridized carbons (Fsp3) is 0.417. The van der Waals surface area contributed by atoms with E-state index in [0.717, 1.165) is 4.88 Å². The minimum Gasteiger partial charge on any atom is -0.439 e. The van der Waals surface area contributed by atoms with E-state index in [1.54, 1.807) is 11.3 Å². The summed E-state index contributed by atoms with van der Waals surface area (Å²) in [6.07, 6.45) is 0.0231. The number of nitrogens with one attached hydrogen (secondary N) is 1. The fourth-order valence-corrected chi connectivity index (χ4v) is 1.94. The largest absolute Gasteiger partial charge is 0.439 e. The normalized spacial score (nSPS) is 10.7. The lowest BCUT2D eigenvalue weighted by Gasteiger charge is -2.02. The molecule has 1 amide bonds. The van der Waals surface area contributed by atoms with E-state index in [1.165, 1.54) is 0 Å². The van der Waals surface area contributed by atoms with E-state index in [0.29, 0.717) is 12.4 Å². The Morgan fingerprint density at radius 3 is 3.05 bits per heavy atom. The van der Waals surface area contributed by atoms with Crippen molar-refractivity contribution in [3.05, 3.63) is 28.2 Å². The van der Waals surface area contributed by atoms with Gasteiger partial charge < -0.3 is 10.1 Å². The van der Waals surface area contributed by atoms with E-state index in [-0.39, 0.29) is 24.5 Å². The Balaban J connectivity index is 1.73. The molecule has 0 aliphatic heterocycles. The third-order valence-electron chi connectivity index (χ3n) is 2.31. The summed E-state index contributed by atoms with van der Waals surface area (Å²) in [7, 11) is 0. The van der Waals surface area contributed by atoms with Crippen molar-refractivity contribution in [1.82, 2.24) is 15.5 Å². The standard InChI is InChI=1S/C12H15N3O3S/c1-8(2)11-14-12(18-15-11)17-7-10(16)13-6-9-4-3-5-19-9/h3-5,8H,6-7H2,1-2H3,(H,13,16). The van der Waals surface area contributed by atoms with Gasteiger partial charge in [0.2, 0.25) is 0 Å². The number of hydrogen-bond donors (Lipinski definition) is 1. The molecule has 1 N–H and O–H groups in total. The van der Waals surface area contributed by atoms with Gasteiger partial charge in [0, 0.05) is 10.8 Å². The second kappa shape index (κ2) is 6.33. The zero-order valence-electron chi connectivity index (χ0n) is 10.8. The lowest BCUT2D eigenvalue weighted by Crippen LogP contribution is -2.28. The van der Waals surface area contributed by atoms with Crippen LogP contribution in [-0.4, -0.2) is 22.7 Å². The number of amides is 1. The molecule has 2 heterocycles. The number of carbonyl (C=O) groups is 1. The smallest absolute Gasteiger partial charge is 0.417 e. The summed E-state index contributed by atoms with van der Waals surface area (Å²) < 4.78 is 9.99. The van der Waals surface area contributed by atoms with Crippen molar-refractivity contribution in [1.29, 1.82) is 0 Å². The van der Waals surface area contributed by atoms with Gasteiger partial charge in [0.05, 0.1) is 6.54 Å². The molecule has 2 rings (SSSR count). The Labute approximate surface area is 114 Å². The van der Waals surface area contributed by atoms with Crippen LogP contribution in [0.25, 0.3) is 0 Å². The third-order valence-corrected chi connectivity index (χ3v) is 3.18. The highest BCUT2D eigenvalue weighted by atomic mass is 32.1. The maximum Gasteiger partial charge on any atom is 0.417 e. The Kier molecular flexibility index (Phi) is 4.51. The van der Waals surface area contributed by atoms with Crippen molar-refractivity contribution in [3.8, 4) is 6.08 Å². The van der Waals surface area contributed by atoms with E-state index >= 15 is 0 Å². The lowest BCUT2D eigenvalue weighted by atomic mass is 10.2. The quantitative estimate of drug-likeness (QED) is 0.875. The molecule has 0 aliphatic rings. The number of carbonyl (C=O) groups excluding carboxylic acids is 1. The van der Waals surface area contributed by atoms with Crippen LogP contribution in [0.15, 0.2) is 22.0 Å². The number of hydrogen-bond acceptors (Lipinski definition) is 6. The number of aromatic nitrogens is 2. The van der Waals surface area contributed by atoms with Crippen molar-refractivity contribution >= 4 is 17.2 Å².